The van der Waals surface area contributed by atoms with Crippen LogP contribution >= 0.6 is 0 Å². The first-order valence-electron chi connectivity index (χ1n) is 9.35. The minimum absolute atomic E-state index is 0.0980. The summed E-state index contributed by atoms with van der Waals surface area (Å²) in [6.07, 6.45) is 5.94. The Kier molecular flexibility index (Phi) is 5.97. The molecule has 1 saturated carbocycles. The molecule has 0 bridgehead atoms. The van der Waals surface area contributed by atoms with Crippen LogP contribution in [0.3, 0.4) is 0 Å². The molecule has 134 valence electrons. The summed E-state index contributed by atoms with van der Waals surface area (Å²) in [4.78, 5) is 0. The van der Waals surface area contributed by atoms with Gasteiger partial charge in [-0.05, 0) is 56.1 Å². The Labute approximate surface area is 146 Å². The molecule has 3 N–H and O–H groups in total. The molecule has 0 saturated heterocycles. The topological polar surface area (TPSA) is 55.5 Å². The predicted octanol–water partition coefficient (Wildman–Crippen LogP) is 4.70. The fourth-order valence-corrected chi connectivity index (χ4v) is 4.83. The van der Waals surface area contributed by atoms with Crippen molar-refractivity contribution in [2.24, 2.45) is 11.7 Å². The van der Waals surface area contributed by atoms with Gasteiger partial charge in [-0.3, -0.25) is 0 Å². The number of phenols is 1. The van der Waals surface area contributed by atoms with Crippen molar-refractivity contribution >= 4 is 0 Å². The summed E-state index contributed by atoms with van der Waals surface area (Å²) in [5, 5.41) is 10.9. The number of nitrogens with two attached hydrogens (primary N) is 1. The van der Waals surface area contributed by atoms with E-state index in [9.17, 15) is 5.11 Å². The van der Waals surface area contributed by atoms with E-state index in [4.69, 9.17) is 10.5 Å². The van der Waals surface area contributed by atoms with Crippen molar-refractivity contribution in [2.45, 2.75) is 70.8 Å². The van der Waals surface area contributed by atoms with Gasteiger partial charge in [0.05, 0.1) is 7.11 Å². The third kappa shape index (κ3) is 2.95. The van der Waals surface area contributed by atoms with Gasteiger partial charge in [0.15, 0.2) is 11.5 Å². The summed E-state index contributed by atoms with van der Waals surface area (Å²) >= 11 is 0. The van der Waals surface area contributed by atoms with Gasteiger partial charge in [-0.2, -0.15) is 0 Å². The predicted molar refractivity (Wildman–Crippen MR) is 101 cm³/mol. The van der Waals surface area contributed by atoms with E-state index in [2.05, 4.69) is 19.6 Å². The molecule has 2 unspecified atom stereocenters. The van der Waals surface area contributed by atoms with Gasteiger partial charge in [-0.15, -0.1) is 0 Å². The number of hydrogen-bond acceptors (Lipinski definition) is 3. The molecule has 0 spiro atoms. The van der Waals surface area contributed by atoms with Gasteiger partial charge < -0.3 is 15.6 Å². The first-order chi connectivity index (χ1) is 11.5. The van der Waals surface area contributed by atoms with E-state index in [1.165, 1.54) is 11.1 Å². The molecule has 3 heteroatoms. The molecule has 0 aromatic heterocycles. The van der Waals surface area contributed by atoms with Crippen LogP contribution in [0.15, 0.2) is 24.3 Å². The Hall–Kier alpha value is -1.48. The number of phenolic OH excluding ortho intramolecular Hbond substituents is 1. The maximum Gasteiger partial charge on any atom is 0.161 e. The van der Waals surface area contributed by atoms with Gasteiger partial charge in [0.25, 0.3) is 0 Å². The minimum atomic E-state index is -0.0980. The van der Waals surface area contributed by atoms with Gasteiger partial charge in [0.1, 0.15) is 0 Å². The number of aromatic hydroxyl groups is 1. The second-order valence-corrected chi connectivity index (χ2v) is 6.93. The minimum Gasteiger partial charge on any atom is -0.504 e. The van der Waals surface area contributed by atoms with E-state index < -0.39 is 0 Å². The van der Waals surface area contributed by atoms with Crippen molar-refractivity contribution in [3.8, 4) is 11.5 Å². The first-order valence-corrected chi connectivity index (χ1v) is 9.35. The van der Waals surface area contributed by atoms with Crippen LogP contribution in [0, 0.1) is 5.92 Å². The lowest BCUT2D eigenvalue weighted by Crippen LogP contribution is -2.46. The molecule has 3 atom stereocenters. The molecule has 0 radical (unpaired) electrons. The standard InChI is InChI=1S/C19H27NO2.C2H6/c1-4-19-11-12(2)5-8-14(19)15(20)9-6-13-7-10-16(22-3)18(21)17(13)19;1-2/h7,10,14-15,21H,2,4-6,8-9,11,20H2,1,3H3;1-2H3/t14?,15?,19-;/m1./s1. The van der Waals surface area contributed by atoms with Crippen molar-refractivity contribution in [1.82, 2.24) is 0 Å². The zero-order valence-electron chi connectivity index (χ0n) is 15.7. The molecular weight excluding hydrogens is 298 g/mol. The van der Waals surface area contributed by atoms with Crippen molar-refractivity contribution in [2.75, 3.05) is 7.11 Å². The zero-order chi connectivity index (χ0) is 17.9. The monoisotopic (exact) mass is 331 g/mol. The highest BCUT2D eigenvalue weighted by Gasteiger charge is 2.48. The molecular formula is C21H33NO2. The highest BCUT2D eigenvalue weighted by molar-refractivity contribution is 5.55. The zero-order valence-corrected chi connectivity index (χ0v) is 15.7. The number of allylic oxidation sites excluding steroid dienone is 1. The summed E-state index contributed by atoms with van der Waals surface area (Å²) in [5.41, 5.74) is 10.0. The Morgan fingerprint density at radius 1 is 1.29 bits per heavy atom. The highest BCUT2D eigenvalue weighted by atomic mass is 16.5. The molecule has 1 aromatic rings. The van der Waals surface area contributed by atoms with Crippen molar-refractivity contribution in [3.63, 3.8) is 0 Å². The number of fused-ring (bicyclic) bond motifs is 3. The third-order valence-corrected chi connectivity index (χ3v) is 5.92. The van der Waals surface area contributed by atoms with Crippen LogP contribution in [0.2, 0.25) is 0 Å². The Bertz CT molecular complexity index is 596. The van der Waals surface area contributed by atoms with Crippen LogP contribution < -0.4 is 10.5 Å². The number of hydrogen-bond donors (Lipinski definition) is 2. The largest absolute Gasteiger partial charge is 0.504 e. The summed E-state index contributed by atoms with van der Waals surface area (Å²) in [6, 6.07) is 4.17. The number of methoxy groups -OCH3 is 1. The summed E-state index contributed by atoms with van der Waals surface area (Å²) in [7, 11) is 1.61. The van der Waals surface area contributed by atoms with Crippen LogP contribution in [0.5, 0.6) is 11.5 Å². The van der Waals surface area contributed by atoms with Gasteiger partial charge in [-0.25, -0.2) is 0 Å². The smallest absolute Gasteiger partial charge is 0.161 e. The number of rotatable bonds is 2. The highest BCUT2D eigenvalue weighted by Crippen LogP contribution is 2.55. The lowest BCUT2D eigenvalue weighted by atomic mass is 9.58. The second kappa shape index (κ2) is 7.60. The van der Waals surface area contributed by atoms with Crippen molar-refractivity contribution < 1.29 is 9.84 Å². The molecule has 0 amide bonds. The summed E-state index contributed by atoms with van der Waals surface area (Å²) in [5.74, 6) is 1.29. The lowest BCUT2D eigenvalue weighted by molar-refractivity contribution is 0.174. The maximum atomic E-state index is 10.9. The van der Waals surface area contributed by atoms with Crippen LogP contribution in [0.25, 0.3) is 0 Å². The molecule has 2 aliphatic rings. The van der Waals surface area contributed by atoms with E-state index in [0.717, 1.165) is 44.1 Å². The van der Waals surface area contributed by atoms with Crippen LogP contribution in [0.1, 0.15) is 64.0 Å². The Morgan fingerprint density at radius 3 is 2.62 bits per heavy atom. The van der Waals surface area contributed by atoms with E-state index in [0.29, 0.717) is 17.4 Å². The molecule has 1 fully saturated rings. The summed E-state index contributed by atoms with van der Waals surface area (Å²) < 4.78 is 5.37. The molecule has 24 heavy (non-hydrogen) atoms. The van der Waals surface area contributed by atoms with E-state index in [-0.39, 0.29) is 11.5 Å². The van der Waals surface area contributed by atoms with Gasteiger partial charge in [0.2, 0.25) is 0 Å². The average Bonchev–Trinajstić information content (AvgIpc) is 2.72. The van der Waals surface area contributed by atoms with E-state index in [1.807, 2.05) is 19.9 Å². The second-order valence-electron chi connectivity index (χ2n) is 6.93. The fourth-order valence-electron chi connectivity index (χ4n) is 4.83. The van der Waals surface area contributed by atoms with Gasteiger partial charge in [0, 0.05) is 17.0 Å². The van der Waals surface area contributed by atoms with Crippen LogP contribution in [0.4, 0.5) is 0 Å². The number of ether oxygens (including phenoxy) is 1. The van der Waals surface area contributed by atoms with E-state index >= 15 is 0 Å². The maximum absolute atomic E-state index is 10.9. The SMILES string of the molecule is C=C1CCC2C(N)CCc3ccc(OC)c(O)c3[C@]2(CC)C1.CC. The number of aryl methyl sites for hydroxylation is 1. The van der Waals surface area contributed by atoms with Gasteiger partial charge in [-0.1, -0.05) is 39.0 Å². The average molecular weight is 332 g/mol. The first kappa shape index (κ1) is 18.9. The quantitative estimate of drug-likeness (QED) is 0.772. The molecule has 0 heterocycles. The molecule has 1 aromatic carbocycles. The normalized spacial score (nSPS) is 28.8. The van der Waals surface area contributed by atoms with Crippen LogP contribution in [-0.2, 0) is 11.8 Å². The Morgan fingerprint density at radius 2 is 2.00 bits per heavy atom. The molecule has 3 rings (SSSR count). The van der Waals surface area contributed by atoms with Gasteiger partial charge >= 0.3 is 0 Å². The number of benzene rings is 1. The molecule has 2 aliphatic carbocycles. The molecule has 3 nitrogen and oxygen atoms in total. The third-order valence-electron chi connectivity index (χ3n) is 5.92. The molecule has 0 aliphatic heterocycles. The van der Waals surface area contributed by atoms with Crippen molar-refractivity contribution in [1.29, 1.82) is 0 Å². The lowest BCUT2D eigenvalue weighted by Gasteiger charge is -2.47. The summed E-state index contributed by atoms with van der Waals surface area (Å²) in [6.45, 7) is 10.5. The fraction of sp³-hybridized carbons (Fsp3) is 0.619. The Balaban J connectivity index is 0.00000100. The van der Waals surface area contributed by atoms with Crippen LogP contribution in [-0.4, -0.2) is 18.3 Å². The van der Waals surface area contributed by atoms with E-state index in [1.54, 1.807) is 7.11 Å². The van der Waals surface area contributed by atoms with Crippen molar-refractivity contribution in [3.05, 3.63) is 35.4 Å².